The van der Waals surface area contributed by atoms with Gasteiger partial charge in [-0.2, -0.15) is 0 Å². The first-order valence-electron chi connectivity index (χ1n) is 6.00. The first kappa shape index (κ1) is 12.6. The van der Waals surface area contributed by atoms with Gasteiger partial charge in [0, 0.05) is 5.92 Å². The van der Waals surface area contributed by atoms with Crippen LogP contribution in [0.15, 0.2) is 48.6 Å². The molecule has 96 valence electrons. The molecule has 0 aromatic heterocycles. The van der Waals surface area contributed by atoms with Crippen LogP contribution in [0.3, 0.4) is 0 Å². The lowest BCUT2D eigenvalue weighted by atomic mass is 9.94. The molecule has 1 N–H and O–H groups in total. The summed E-state index contributed by atoms with van der Waals surface area (Å²) in [5, 5.41) is 23.0. The zero-order valence-corrected chi connectivity index (χ0v) is 10.6. The number of hydrogen-bond acceptors (Lipinski definition) is 3. The summed E-state index contributed by atoms with van der Waals surface area (Å²) >= 11 is 0. The van der Waals surface area contributed by atoms with Gasteiger partial charge in [0.2, 0.25) is 0 Å². The van der Waals surface area contributed by atoms with Gasteiger partial charge >= 0.3 is 0 Å². The van der Waals surface area contributed by atoms with Gasteiger partial charge in [-0.1, -0.05) is 36.5 Å². The molecule has 0 bridgehead atoms. The van der Waals surface area contributed by atoms with Crippen molar-refractivity contribution in [3.63, 3.8) is 0 Å². The highest BCUT2D eigenvalue weighted by Gasteiger charge is 2.28. The summed E-state index contributed by atoms with van der Waals surface area (Å²) in [4.78, 5) is 0. The van der Waals surface area contributed by atoms with Crippen LogP contribution in [-0.2, 0) is 0 Å². The number of hydrogen-bond donors (Lipinski definition) is 1. The second-order valence-corrected chi connectivity index (χ2v) is 5.06. The molecule has 0 amide bonds. The molecule has 4 nitrogen and oxygen atoms in total. The van der Waals surface area contributed by atoms with Crippen molar-refractivity contribution in [2.24, 2.45) is 5.92 Å². The second-order valence-electron chi connectivity index (χ2n) is 5.06. The third-order valence-corrected chi connectivity index (χ3v) is 3.19. The zero-order valence-electron chi connectivity index (χ0n) is 10.6. The Bertz CT molecular complexity index is 458. The number of allylic oxidation sites excluding steroid dienone is 4. The maximum atomic E-state index is 12.0. The molecule has 0 saturated carbocycles. The summed E-state index contributed by atoms with van der Waals surface area (Å²) in [6, 6.07) is -0.245. The first-order chi connectivity index (χ1) is 8.50. The summed E-state index contributed by atoms with van der Waals surface area (Å²) in [6.45, 7) is 3.59. The van der Waals surface area contributed by atoms with Crippen LogP contribution in [-0.4, -0.2) is 32.9 Å². The van der Waals surface area contributed by atoms with Crippen LogP contribution < -0.4 is 0 Å². The molecule has 0 fully saturated rings. The molecule has 18 heavy (non-hydrogen) atoms. The molecular weight excluding hydrogens is 228 g/mol. The van der Waals surface area contributed by atoms with E-state index >= 15 is 0 Å². The molecule has 1 aliphatic heterocycles. The van der Waals surface area contributed by atoms with E-state index in [1.807, 2.05) is 48.6 Å². The molecule has 0 radical (unpaired) electrons. The van der Waals surface area contributed by atoms with Gasteiger partial charge in [0.15, 0.2) is 6.04 Å². The Kier molecular flexibility index (Phi) is 3.39. The lowest BCUT2D eigenvalue weighted by molar-refractivity contribution is -0.528. The van der Waals surface area contributed by atoms with Crippen LogP contribution >= 0.6 is 0 Å². The van der Waals surface area contributed by atoms with Crippen molar-refractivity contribution in [2.45, 2.75) is 25.4 Å². The summed E-state index contributed by atoms with van der Waals surface area (Å²) in [6.07, 6.45) is 16.5. The van der Waals surface area contributed by atoms with E-state index in [-0.39, 0.29) is 12.0 Å². The number of fused-ring (bicyclic) bond motifs is 1. The summed E-state index contributed by atoms with van der Waals surface area (Å²) in [7, 11) is 0. The van der Waals surface area contributed by atoms with E-state index in [0.29, 0.717) is 0 Å². The number of hydroxylamine groups is 3. The van der Waals surface area contributed by atoms with Crippen LogP contribution in [0.1, 0.15) is 13.8 Å². The molecule has 0 saturated heterocycles. The molecule has 2 rings (SSSR count). The average molecular weight is 246 g/mol. The van der Waals surface area contributed by atoms with E-state index in [1.165, 1.54) is 6.34 Å². The summed E-state index contributed by atoms with van der Waals surface area (Å²) in [5.74, 6) is 0.0514. The predicted octanol–water partition coefficient (Wildman–Crippen LogP) is 2.23. The third kappa shape index (κ3) is 2.54. The molecular formula is C14H18N2O2. The first-order valence-corrected chi connectivity index (χ1v) is 6.00. The van der Waals surface area contributed by atoms with Crippen molar-refractivity contribution < 1.29 is 9.95 Å². The molecule has 0 aromatic rings. The van der Waals surface area contributed by atoms with Gasteiger partial charge in [0.1, 0.15) is 5.54 Å². The summed E-state index contributed by atoms with van der Waals surface area (Å²) < 4.78 is 0.756. The van der Waals surface area contributed by atoms with Gasteiger partial charge < -0.3 is 5.21 Å². The normalized spacial score (nSPS) is 33.5. The fourth-order valence-corrected chi connectivity index (χ4v) is 1.95. The standard InChI is InChI=1S/C14H18N2O2/c1-14(2)10-6-5-8-12-7-3-4-9-13(12)15(17)11-16(14)18/h3-13,17H,1-2H3/b8-5+,10-6-,16-11?. The SMILES string of the molecule is CC1(C)/C=C\C=C\C2C=CC=CC2N(O)C=[N+]1[O-]. The lowest BCUT2D eigenvalue weighted by Crippen LogP contribution is -2.41. The van der Waals surface area contributed by atoms with E-state index in [9.17, 15) is 10.4 Å². The highest BCUT2D eigenvalue weighted by Crippen LogP contribution is 2.20. The van der Waals surface area contributed by atoms with E-state index < -0.39 is 5.54 Å². The third-order valence-electron chi connectivity index (χ3n) is 3.19. The monoisotopic (exact) mass is 246 g/mol. The fraction of sp³-hybridized carbons (Fsp3) is 0.357. The number of nitrogens with zero attached hydrogens (tertiary/aromatic N) is 2. The van der Waals surface area contributed by atoms with Crippen molar-refractivity contribution in [3.05, 3.63) is 53.8 Å². The van der Waals surface area contributed by atoms with E-state index in [4.69, 9.17) is 0 Å². The van der Waals surface area contributed by atoms with E-state index in [0.717, 1.165) is 9.80 Å². The molecule has 0 spiro atoms. The Morgan fingerprint density at radius 3 is 2.44 bits per heavy atom. The highest BCUT2D eigenvalue weighted by molar-refractivity contribution is 5.50. The Morgan fingerprint density at radius 2 is 1.72 bits per heavy atom. The molecule has 2 unspecified atom stereocenters. The minimum absolute atomic E-state index is 0.0514. The molecule has 1 aliphatic carbocycles. The Labute approximate surface area is 107 Å². The smallest absolute Gasteiger partial charge is 0.268 e. The molecule has 2 aliphatic rings. The number of rotatable bonds is 0. The minimum atomic E-state index is -0.688. The van der Waals surface area contributed by atoms with Crippen LogP contribution in [0.5, 0.6) is 0 Å². The van der Waals surface area contributed by atoms with Gasteiger partial charge in [0.05, 0.1) is 0 Å². The topological polar surface area (TPSA) is 49.5 Å². The molecule has 0 aromatic carbocycles. The molecule has 1 heterocycles. The van der Waals surface area contributed by atoms with Gasteiger partial charge in [-0.3, -0.25) is 4.74 Å². The molecule has 2 atom stereocenters. The maximum Gasteiger partial charge on any atom is 0.268 e. The van der Waals surface area contributed by atoms with Crippen molar-refractivity contribution >= 4 is 6.34 Å². The van der Waals surface area contributed by atoms with Crippen molar-refractivity contribution in [1.82, 2.24) is 5.06 Å². The second kappa shape index (κ2) is 4.82. The lowest BCUT2D eigenvalue weighted by Gasteiger charge is -2.29. The zero-order chi connectivity index (χ0) is 13.2. The van der Waals surface area contributed by atoms with E-state index in [1.54, 1.807) is 13.8 Å². The van der Waals surface area contributed by atoms with Crippen LogP contribution in [0.2, 0.25) is 0 Å². The largest absolute Gasteiger partial charge is 0.715 e. The maximum absolute atomic E-state index is 12.0. The quantitative estimate of drug-likeness (QED) is 0.526. The molecule has 4 heteroatoms. The van der Waals surface area contributed by atoms with Crippen molar-refractivity contribution in [3.8, 4) is 0 Å². The van der Waals surface area contributed by atoms with Gasteiger partial charge in [-0.05, 0) is 26.0 Å². The minimum Gasteiger partial charge on any atom is -0.715 e. The Morgan fingerprint density at radius 1 is 1.11 bits per heavy atom. The van der Waals surface area contributed by atoms with Gasteiger partial charge in [-0.15, -0.1) is 5.06 Å². The Hall–Kier alpha value is -1.81. The van der Waals surface area contributed by atoms with Crippen molar-refractivity contribution in [1.29, 1.82) is 0 Å². The van der Waals surface area contributed by atoms with Gasteiger partial charge in [-0.25, -0.2) is 5.21 Å². The van der Waals surface area contributed by atoms with Gasteiger partial charge in [0.25, 0.3) is 6.34 Å². The van der Waals surface area contributed by atoms with Crippen LogP contribution in [0, 0.1) is 11.1 Å². The fourth-order valence-electron chi connectivity index (χ4n) is 1.95. The highest BCUT2D eigenvalue weighted by atomic mass is 16.5. The van der Waals surface area contributed by atoms with Crippen LogP contribution in [0.25, 0.3) is 0 Å². The van der Waals surface area contributed by atoms with Crippen LogP contribution in [0.4, 0.5) is 0 Å². The Balaban J connectivity index is 2.39. The summed E-state index contributed by atoms with van der Waals surface area (Å²) in [5.41, 5.74) is -0.688. The van der Waals surface area contributed by atoms with Crippen molar-refractivity contribution in [2.75, 3.05) is 0 Å². The predicted molar refractivity (Wildman–Crippen MR) is 71.2 cm³/mol. The van der Waals surface area contributed by atoms with E-state index in [2.05, 4.69) is 0 Å². The average Bonchev–Trinajstić information content (AvgIpc) is 2.34.